The van der Waals surface area contributed by atoms with Crippen molar-refractivity contribution in [2.45, 2.75) is 19.0 Å². The predicted molar refractivity (Wildman–Crippen MR) is 119 cm³/mol. The highest BCUT2D eigenvalue weighted by Crippen LogP contribution is 2.21. The maximum atomic E-state index is 12.3. The highest BCUT2D eigenvalue weighted by Gasteiger charge is 2.30. The molecule has 1 saturated heterocycles. The number of nitrogens with zero attached hydrogens (tertiary/aromatic N) is 2. The molecule has 0 aliphatic carbocycles. The molecule has 144 valence electrons. The van der Waals surface area contributed by atoms with E-state index >= 15 is 0 Å². The fourth-order valence-corrected chi connectivity index (χ4v) is 2.98. The minimum absolute atomic E-state index is 0. The molecule has 0 bridgehead atoms. The number of rotatable bonds is 5. The topological polar surface area (TPSA) is 66.0 Å². The van der Waals surface area contributed by atoms with Crippen LogP contribution in [0.5, 0.6) is 5.75 Å². The SMILES string of the molecule is CN=C(NCc1ccc(OC)cc1)NC1CC(=O)N(c2ccccc2)C1.I. The van der Waals surface area contributed by atoms with Crippen LogP contribution in [0, 0.1) is 0 Å². The number of carbonyl (C=O) groups is 1. The summed E-state index contributed by atoms with van der Waals surface area (Å²) >= 11 is 0. The van der Waals surface area contributed by atoms with Crippen molar-refractivity contribution in [3.05, 3.63) is 60.2 Å². The van der Waals surface area contributed by atoms with Gasteiger partial charge < -0.3 is 20.3 Å². The Labute approximate surface area is 177 Å². The number of halogens is 1. The van der Waals surface area contributed by atoms with Gasteiger partial charge in [-0.05, 0) is 29.8 Å². The Bertz CT molecular complexity index is 765. The van der Waals surface area contributed by atoms with Gasteiger partial charge in [0.2, 0.25) is 5.91 Å². The van der Waals surface area contributed by atoms with Gasteiger partial charge in [-0.1, -0.05) is 30.3 Å². The maximum Gasteiger partial charge on any atom is 0.229 e. The first-order valence-corrected chi connectivity index (χ1v) is 8.65. The first-order chi connectivity index (χ1) is 12.7. The number of nitrogens with one attached hydrogen (secondary N) is 2. The quantitative estimate of drug-likeness (QED) is 0.393. The van der Waals surface area contributed by atoms with Gasteiger partial charge in [-0.25, -0.2) is 0 Å². The highest BCUT2D eigenvalue weighted by atomic mass is 127. The van der Waals surface area contributed by atoms with E-state index in [0.29, 0.717) is 25.5 Å². The van der Waals surface area contributed by atoms with Gasteiger partial charge in [-0.2, -0.15) is 0 Å². The minimum atomic E-state index is 0. The normalized spacial score (nSPS) is 16.7. The second-order valence-electron chi connectivity index (χ2n) is 6.16. The van der Waals surface area contributed by atoms with Crippen LogP contribution in [-0.4, -0.2) is 38.6 Å². The number of guanidine groups is 1. The van der Waals surface area contributed by atoms with Crippen LogP contribution in [0.2, 0.25) is 0 Å². The summed E-state index contributed by atoms with van der Waals surface area (Å²) in [6.45, 7) is 1.28. The standard InChI is InChI=1S/C20H24N4O2.HI/c1-21-20(22-13-15-8-10-18(26-2)11-9-15)23-16-12-19(25)24(14-16)17-6-4-3-5-7-17;/h3-11,16H,12-14H2,1-2H3,(H2,21,22,23);1H. The number of para-hydroxylation sites is 1. The molecule has 2 aromatic carbocycles. The number of hydrogen-bond acceptors (Lipinski definition) is 3. The Kier molecular flexibility index (Phi) is 7.90. The molecule has 3 rings (SSSR count). The van der Waals surface area contributed by atoms with Crippen LogP contribution >= 0.6 is 24.0 Å². The summed E-state index contributed by atoms with van der Waals surface area (Å²) < 4.78 is 5.17. The summed E-state index contributed by atoms with van der Waals surface area (Å²) in [6.07, 6.45) is 0.456. The second-order valence-corrected chi connectivity index (χ2v) is 6.16. The van der Waals surface area contributed by atoms with E-state index in [0.717, 1.165) is 17.0 Å². The average molecular weight is 480 g/mol. The van der Waals surface area contributed by atoms with E-state index < -0.39 is 0 Å². The molecule has 1 fully saturated rings. The molecule has 0 aromatic heterocycles. The van der Waals surface area contributed by atoms with Crippen molar-refractivity contribution < 1.29 is 9.53 Å². The lowest BCUT2D eigenvalue weighted by Gasteiger charge is -2.19. The summed E-state index contributed by atoms with van der Waals surface area (Å²) in [4.78, 5) is 18.4. The Morgan fingerprint density at radius 2 is 1.89 bits per heavy atom. The van der Waals surface area contributed by atoms with Gasteiger partial charge in [0.15, 0.2) is 5.96 Å². The third-order valence-electron chi connectivity index (χ3n) is 4.38. The monoisotopic (exact) mass is 480 g/mol. The minimum Gasteiger partial charge on any atom is -0.497 e. The molecule has 2 aromatic rings. The maximum absolute atomic E-state index is 12.3. The molecular formula is C20H25IN4O2. The van der Waals surface area contributed by atoms with Crippen molar-refractivity contribution in [3.63, 3.8) is 0 Å². The summed E-state index contributed by atoms with van der Waals surface area (Å²) in [5.41, 5.74) is 2.06. The lowest BCUT2D eigenvalue weighted by atomic mass is 10.2. The van der Waals surface area contributed by atoms with Crippen LogP contribution in [0.25, 0.3) is 0 Å². The number of benzene rings is 2. The van der Waals surface area contributed by atoms with Gasteiger partial charge >= 0.3 is 0 Å². The number of amides is 1. The molecule has 1 heterocycles. The predicted octanol–water partition coefficient (Wildman–Crippen LogP) is 2.78. The van der Waals surface area contributed by atoms with Crippen LogP contribution in [0.1, 0.15) is 12.0 Å². The lowest BCUT2D eigenvalue weighted by molar-refractivity contribution is -0.117. The van der Waals surface area contributed by atoms with E-state index in [9.17, 15) is 4.79 Å². The third kappa shape index (κ3) is 5.59. The highest BCUT2D eigenvalue weighted by molar-refractivity contribution is 14.0. The molecule has 2 N–H and O–H groups in total. The number of hydrogen-bond donors (Lipinski definition) is 2. The van der Waals surface area contributed by atoms with Crippen LogP contribution in [-0.2, 0) is 11.3 Å². The van der Waals surface area contributed by atoms with Crippen LogP contribution in [0.3, 0.4) is 0 Å². The Morgan fingerprint density at radius 1 is 1.19 bits per heavy atom. The number of aliphatic imine (C=N–C) groups is 1. The summed E-state index contributed by atoms with van der Waals surface area (Å²) in [5.74, 6) is 1.65. The molecule has 1 amide bonds. The molecule has 0 saturated carbocycles. The van der Waals surface area contributed by atoms with E-state index in [-0.39, 0.29) is 35.9 Å². The molecule has 7 heteroatoms. The van der Waals surface area contributed by atoms with Gasteiger partial charge in [-0.3, -0.25) is 9.79 Å². The van der Waals surface area contributed by atoms with Crippen molar-refractivity contribution in [2.75, 3.05) is 25.6 Å². The van der Waals surface area contributed by atoms with E-state index in [1.54, 1.807) is 14.2 Å². The molecule has 0 spiro atoms. The van der Waals surface area contributed by atoms with Crippen LogP contribution in [0.4, 0.5) is 5.69 Å². The van der Waals surface area contributed by atoms with Crippen molar-refractivity contribution in [1.82, 2.24) is 10.6 Å². The largest absolute Gasteiger partial charge is 0.497 e. The van der Waals surface area contributed by atoms with E-state index in [1.165, 1.54) is 0 Å². The van der Waals surface area contributed by atoms with Crippen LogP contribution < -0.4 is 20.3 Å². The fourth-order valence-electron chi connectivity index (χ4n) is 2.98. The smallest absolute Gasteiger partial charge is 0.229 e. The fraction of sp³-hybridized carbons (Fsp3) is 0.300. The number of anilines is 1. The van der Waals surface area contributed by atoms with Gasteiger partial charge in [-0.15, -0.1) is 24.0 Å². The molecule has 1 aliphatic rings. The van der Waals surface area contributed by atoms with Gasteiger partial charge in [0.1, 0.15) is 5.75 Å². The van der Waals surface area contributed by atoms with E-state index in [1.807, 2.05) is 59.5 Å². The Morgan fingerprint density at radius 3 is 2.52 bits per heavy atom. The lowest BCUT2D eigenvalue weighted by Crippen LogP contribution is -2.44. The molecule has 27 heavy (non-hydrogen) atoms. The molecule has 1 aliphatic heterocycles. The van der Waals surface area contributed by atoms with Crippen LogP contribution in [0.15, 0.2) is 59.6 Å². The molecule has 6 nitrogen and oxygen atoms in total. The van der Waals surface area contributed by atoms with E-state index in [2.05, 4.69) is 15.6 Å². The number of carbonyl (C=O) groups excluding carboxylic acids is 1. The zero-order valence-electron chi connectivity index (χ0n) is 15.5. The molecule has 0 radical (unpaired) electrons. The van der Waals surface area contributed by atoms with Crippen molar-refractivity contribution in [3.8, 4) is 5.75 Å². The molecular weight excluding hydrogens is 455 g/mol. The van der Waals surface area contributed by atoms with Gasteiger partial charge in [0, 0.05) is 32.2 Å². The Hall–Kier alpha value is -2.29. The van der Waals surface area contributed by atoms with Crippen molar-refractivity contribution in [1.29, 1.82) is 0 Å². The summed E-state index contributed by atoms with van der Waals surface area (Å²) in [6, 6.07) is 17.7. The zero-order valence-corrected chi connectivity index (χ0v) is 17.8. The first kappa shape index (κ1) is 21.0. The first-order valence-electron chi connectivity index (χ1n) is 8.65. The van der Waals surface area contributed by atoms with Crippen molar-refractivity contribution in [2.24, 2.45) is 4.99 Å². The summed E-state index contributed by atoms with van der Waals surface area (Å²) in [5, 5.41) is 6.63. The number of ether oxygens (including phenoxy) is 1. The van der Waals surface area contributed by atoms with Gasteiger partial charge in [0.05, 0.1) is 13.2 Å². The summed E-state index contributed by atoms with van der Waals surface area (Å²) in [7, 11) is 3.38. The second kappa shape index (κ2) is 10.1. The number of methoxy groups -OCH3 is 1. The Balaban J connectivity index is 0.00000261. The van der Waals surface area contributed by atoms with Gasteiger partial charge in [0.25, 0.3) is 0 Å². The van der Waals surface area contributed by atoms with E-state index in [4.69, 9.17) is 4.74 Å². The molecule has 1 unspecified atom stereocenters. The van der Waals surface area contributed by atoms with Crippen molar-refractivity contribution >= 4 is 41.5 Å². The third-order valence-corrected chi connectivity index (χ3v) is 4.38. The molecule has 1 atom stereocenters. The zero-order chi connectivity index (χ0) is 18.4. The average Bonchev–Trinajstić information content (AvgIpc) is 3.06.